The Bertz CT molecular complexity index is 539. The first-order valence-electron chi connectivity index (χ1n) is 5.93. The van der Waals surface area contributed by atoms with Gasteiger partial charge in [0.25, 0.3) is 0 Å². The van der Waals surface area contributed by atoms with E-state index in [9.17, 15) is 0 Å². The molecule has 0 amide bonds. The van der Waals surface area contributed by atoms with Crippen molar-refractivity contribution >= 4 is 28.8 Å². The number of halogens is 1. The highest BCUT2D eigenvalue weighted by molar-refractivity contribution is 7.09. The summed E-state index contributed by atoms with van der Waals surface area (Å²) in [4.78, 5) is 13.1. The molecular weight excluding hydrogens is 268 g/mol. The Labute approximate surface area is 114 Å². The van der Waals surface area contributed by atoms with E-state index < -0.39 is 0 Å². The molecule has 0 spiro atoms. The molecule has 2 heterocycles. The molecule has 1 N–H and O–H groups in total. The highest BCUT2D eigenvalue weighted by Crippen LogP contribution is 2.39. The third-order valence-corrected chi connectivity index (χ3v) is 3.99. The fourth-order valence-corrected chi connectivity index (χ4v) is 2.60. The summed E-state index contributed by atoms with van der Waals surface area (Å²) < 4.78 is 0. The Morgan fingerprint density at radius 1 is 1.44 bits per heavy atom. The molecule has 0 aliphatic heterocycles. The summed E-state index contributed by atoms with van der Waals surface area (Å²) in [7, 11) is 0. The monoisotopic (exact) mass is 280 g/mol. The lowest BCUT2D eigenvalue weighted by molar-refractivity contribution is 0.844. The maximum atomic E-state index is 6.03. The van der Waals surface area contributed by atoms with Crippen molar-refractivity contribution in [2.75, 3.05) is 5.32 Å². The largest absolute Gasteiger partial charge is 0.361 e. The lowest BCUT2D eigenvalue weighted by atomic mass is 10.3. The van der Waals surface area contributed by atoms with E-state index in [1.807, 2.05) is 5.38 Å². The number of thiazole rings is 1. The number of nitrogens with one attached hydrogen (secondary N) is 1. The number of nitrogens with zero attached hydrogens (tertiary/aromatic N) is 3. The summed E-state index contributed by atoms with van der Waals surface area (Å²) in [6.45, 7) is 2.06. The molecular formula is C12H13ClN4S. The minimum absolute atomic E-state index is 0.128. The zero-order valence-electron chi connectivity index (χ0n) is 9.93. The van der Waals surface area contributed by atoms with Crippen molar-refractivity contribution in [2.24, 2.45) is 0 Å². The first-order valence-corrected chi connectivity index (χ1v) is 7.18. The minimum atomic E-state index is 0.128. The van der Waals surface area contributed by atoms with Gasteiger partial charge >= 0.3 is 0 Å². The summed E-state index contributed by atoms with van der Waals surface area (Å²) in [5.41, 5.74) is 0. The molecule has 18 heavy (non-hydrogen) atoms. The predicted octanol–water partition coefficient (Wildman–Crippen LogP) is 3.64. The van der Waals surface area contributed by atoms with Crippen LogP contribution in [0.15, 0.2) is 17.6 Å². The van der Waals surface area contributed by atoms with E-state index >= 15 is 0 Å². The molecule has 0 aromatic carbocycles. The Morgan fingerprint density at radius 3 is 2.94 bits per heavy atom. The van der Waals surface area contributed by atoms with E-state index in [1.54, 1.807) is 23.6 Å². The van der Waals surface area contributed by atoms with Gasteiger partial charge in [0.05, 0.1) is 6.04 Å². The summed E-state index contributed by atoms with van der Waals surface area (Å²) in [6, 6.07) is 1.89. The lowest BCUT2D eigenvalue weighted by Gasteiger charge is -2.12. The van der Waals surface area contributed by atoms with Gasteiger partial charge in [-0.3, -0.25) is 0 Å². The first kappa shape index (κ1) is 11.9. The molecule has 1 atom stereocenters. The molecule has 2 aromatic rings. The molecule has 1 aliphatic rings. The van der Waals surface area contributed by atoms with Crippen LogP contribution < -0.4 is 5.32 Å². The molecule has 1 fully saturated rings. The molecule has 1 saturated carbocycles. The van der Waals surface area contributed by atoms with Crippen LogP contribution >= 0.6 is 22.9 Å². The smallest absolute Gasteiger partial charge is 0.135 e. The quantitative estimate of drug-likeness (QED) is 0.869. The maximum absolute atomic E-state index is 6.03. The van der Waals surface area contributed by atoms with Crippen LogP contribution in [0.1, 0.15) is 42.6 Å². The van der Waals surface area contributed by atoms with Crippen LogP contribution in [-0.4, -0.2) is 15.0 Å². The van der Waals surface area contributed by atoms with Crippen LogP contribution in [0, 0.1) is 0 Å². The SMILES string of the molecule is CC(Nc1cc(Cl)nc(C2CC2)n1)c1nccs1. The number of anilines is 1. The van der Waals surface area contributed by atoms with E-state index in [4.69, 9.17) is 11.6 Å². The Morgan fingerprint density at radius 2 is 2.28 bits per heavy atom. The fourth-order valence-electron chi connectivity index (χ4n) is 1.77. The van der Waals surface area contributed by atoms with Crippen LogP contribution in [0.3, 0.4) is 0 Å². The van der Waals surface area contributed by atoms with Gasteiger partial charge in [-0.2, -0.15) is 0 Å². The molecule has 0 saturated heterocycles. The number of aromatic nitrogens is 3. The van der Waals surface area contributed by atoms with E-state index in [2.05, 4.69) is 27.2 Å². The first-order chi connectivity index (χ1) is 8.72. The van der Waals surface area contributed by atoms with Crippen molar-refractivity contribution in [1.29, 1.82) is 0 Å². The molecule has 3 rings (SSSR count). The predicted molar refractivity (Wildman–Crippen MR) is 73.2 cm³/mol. The standard InChI is InChI=1S/C12H13ClN4S/c1-7(12-14-4-5-18-12)15-10-6-9(13)16-11(17-10)8-2-3-8/h4-8H,2-3H2,1H3,(H,15,16,17). The zero-order valence-corrected chi connectivity index (χ0v) is 11.5. The van der Waals surface area contributed by atoms with Crippen LogP contribution in [0.4, 0.5) is 5.82 Å². The highest BCUT2D eigenvalue weighted by Gasteiger charge is 2.27. The third-order valence-electron chi connectivity index (χ3n) is 2.84. The summed E-state index contributed by atoms with van der Waals surface area (Å²) in [6.07, 6.45) is 4.14. The van der Waals surface area contributed by atoms with Gasteiger partial charge in [0.2, 0.25) is 0 Å². The Hall–Kier alpha value is -1.20. The van der Waals surface area contributed by atoms with Gasteiger partial charge in [-0.15, -0.1) is 11.3 Å². The van der Waals surface area contributed by atoms with Crippen LogP contribution in [0.5, 0.6) is 0 Å². The van der Waals surface area contributed by atoms with E-state index in [0.29, 0.717) is 11.1 Å². The van der Waals surface area contributed by atoms with Gasteiger partial charge in [0, 0.05) is 23.6 Å². The Kier molecular flexibility index (Phi) is 3.18. The summed E-state index contributed by atoms with van der Waals surface area (Å²) >= 11 is 7.65. The summed E-state index contributed by atoms with van der Waals surface area (Å²) in [5.74, 6) is 2.13. The van der Waals surface area contributed by atoms with Gasteiger partial charge in [0.1, 0.15) is 21.8 Å². The average Bonchev–Trinajstić information content (AvgIpc) is 3.03. The van der Waals surface area contributed by atoms with Crippen LogP contribution in [-0.2, 0) is 0 Å². The highest BCUT2D eigenvalue weighted by atomic mass is 35.5. The van der Waals surface area contributed by atoms with Crippen molar-refractivity contribution in [1.82, 2.24) is 15.0 Å². The maximum Gasteiger partial charge on any atom is 0.135 e. The van der Waals surface area contributed by atoms with E-state index in [-0.39, 0.29) is 6.04 Å². The molecule has 0 radical (unpaired) electrons. The van der Waals surface area contributed by atoms with Gasteiger partial charge in [-0.25, -0.2) is 15.0 Å². The molecule has 1 aliphatic carbocycles. The zero-order chi connectivity index (χ0) is 12.5. The molecule has 0 bridgehead atoms. The van der Waals surface area contributed by atoms with Crippen molar-refractivity contribution in [3.8, 4) is 0 Å². The second kappa shape index (κ2) is 4.82. The fraction of sp³-hybridized carbons (Fsp3) is 0.417. The lowest BCUT2D eigenvalue weighted by Crippen LogP contribution is -2.09. The van der Waals surface area contributed by atoms with Crippen LogP contribution in [0.25, 0.3) is 0 Å². The van der Waals surface area contributed by atoms with Crippen molar-refractivity contribution < 1.29 is 0 Å². The van der Waals surface area contributed by atoms with Gasteiger partial charge in [-0.1, -0.05) is 11.6 Å². The Balaban J connectivity index is 1.79. The number of rotatable bonds is 4. The van der Waals surface area contributed by atoms with Crippen LogP contribution in [0.2, 0.25) is 5.15 Å². The van der Waals surface area contributed by atoms with E-state index in [0.717, 1.165) is 16.6 Å². The topological polar surface area (TPSA) is 50.7 Å². The van der Waals surface area contributed by atoms with Gasteiger partial charge < -0.3 is 5.32 Å². The molecule has 1 unspecified atom stereocenters. The molecule has 2 aromatic heterocycles. The van der Waals surface area contributed by atoms with Gasteiger partial charge in [0.15, 0.2) is 0 Å². The normalized spacial score (nSPS) is 16.6. The average molecular weight is 281 g/mol. The second-order valence-corrected chi connectivity index (χ2v) is 5.76. The minimum Gasteiger partial charge on any atom is -0.361 e. The number of hydrogen-bond acceptors (Lipinski definition) is 5. The second-order valence-electron chi connectivity index (χ2n) is 4.44. The van der Waals surface area contributed by atoms with Crippen molar-refractivity contribution in [3.63, 3.8) is 0 Å². The van der Waals surface area contributed by atoms with E-state index in [1.165, 1.54) is 12.8 Å². The molecule has 94 valence electrons. The molecule has 6 heteroatoms. The number of hydrogen-bond donors (Lipinski definition) is 1. The summed E-state index contributed by atoms with van der Waals surface area (Å²) in [5, 5.41) is 6.83. The van der Waals surface area contributed by atoms with Crippen molar-refractivity contribution in [2.45, 2.75) is 31.7 Å². The van der Waals surface area contributed by atoms with Gasteiger partial charge in [-0.05, 0) is 19.8 Å². The third kappa shape index (κ3) is 2.62. The van der Waals surface area contributed by atoms with Crippen molar-refractivity contribution in [3.05, 3.63) is 33.6 Å². The molecule has 4 nitrogen and oxygen atoms in total.